The fraction of sp³-hybridized carbons (Fsp3) is 0.875. The first-order valence-electron chi connectivity index (χ1n) is 4.31. The molecule has 1 amide bonds. The third kappa shape index (κ3) is 1.32. The van der Waals surface area contributed by atoms with Crippen LogP contribution in [0.15, 0.2) is 0 Å². The van der Waals surface area contributed by atoms with E-state index in [1.165, 1.54) is 19.3 Å². The lowest BCUT2D eigenvalue weighted by Gasteiger charge is -2.34. The van der Waals surface area contributed by atoms with E-state index in [1.54, 1.807) is 0 Å². The second-order valence-electron chi connectivity index (χ2n) is 3.37. The molecular weight excluding hydrogens is 142 g/mol. The first-order valence-corrected chi connectivity index (χ1v) is 4.31. The van der Waals surface area contributed by atoms with E-state index >= 15 is 0 Å². The van der Waals surface area contributed by atoms with Crippen LogP contribution < -0.4 is 5.32 Å². The average molecular weight is 155 g/mol. The van der Waals surface area contributed by atoms with Crippen molar-refractivity contribution >= 4 is 6.09 Å². The number of carbonyl (C=O) groups excluding carboxylic acids is 1. The van der Waals surface area contributed by atoms with Gasteiger partial charge in [0, 0.05) is 12.5 Å². The zero-order valence-electron chi connectivity index (χ0n) is 6.51. The Morgan fingerprint density at radius 1 is 1.36 bits per heavy atom. The molecule has 0 unspecified atom stereocenters. The van der Waals surface area contributed by atoms with E-state index < -0.39 is 0 Å². The summed E-state index contributed by atoms with van der Waals surface area (Å²) in [5.41, 5.74) is 0. The highest BCUT2D eigenvalue weighted by Gasteiger charge is 2.31. The summed E-state index contributed by atoms with van der Waals surface area (Å²) in [6.07, 6.45) is 4.78. The molecule has 1 aliphatic carbocycles. The molecule has 0 bridgehead atoms. The van der Waals surface area contributed by atoms with E-state index in [0.29, 0.717) is 5.92 Å². The maximum atomic E-state index is 10.8. The Bertz CT molecular complexity index is 169. The van der Waals surface area contributed by atoms with Crippen LogP contribution in [0.1, 0.15) is 25.7 Å². The first-order chi connectivity index (χ1) is 5.36. The smallest absolute Gasteiger partial charge is 0.407 e. The van der Waals surface area contributed by atoms with Crippen molar-refractivity contribution in [2.45, 2.75) is 31.8 Å². The van der Waals surface area contributed by atoms with E-state index in [0.717, 1.165) is 13.0 Å². The number of alkyl carbamates (subject to hydrolysis) is 1. The van der Waals surface area contributed by atoms with Gasteiger partial charge in [-0.15, -0.1) is 0 Å². The average Bonchev–Trinajstić information content (AvgIpc) is 2.04. The minimum absolute atomic E-state index is 0.220. The van der Waals surface area contributed by atoms with Gasteiger partial charge in [-0.3, -0.25) is 0 Å². The number of hydrogen-bond acceptors (Lipinski definition) is 2. The topological polar surface area (TPSA) is 38.3 Å². The molecule has 1 heterocycles. The fourth-order valence-corrected chi connectivity index (χ4v) is 1.96. The molecule has 3 heteroatoms. The minimum Gasteiger partial charge on any atom is -0.446 e. The van der Waals surface area contributed by atoms with E-state index in [4.69, 9.17) is 4.74 Å². The highest BCUT2D eigenvalue weighted by Crippen LogP contribution is 2.28. The summed E-state index contributed by atoms with van der Waals surface area (Å²) in [5.74, 6) is 0.585. The van der Waals surface area contributed by atoms with Crippen molar-refractivity contribution in [1.29, 1.82) is 0 Å². The van der Waals surface area contributed by atoms with Crippen molar-refractivity contribution < 1.29 is 9.53 Å². The number of hydrogen-bond donors (Lipinski definition) is 1. The van der Waals surface area contributed by atoms with Gasteiger partial charge in [0.25, 0.3) is 0 Å². The van der Waals surface area contributed by atoms with Gasteiger partial charge in [-0.1, -0.05) is 6.42 Å². The lowest BCUT2D eigenvalue weighted by Crippen LogP contribution is -2.46. The Balaban J connectivity index is 1.98. The van der Waals surface area contributed by atoms with Crippen LogP contribution in [0.4, 0.5) is 4.79 Å². The van der Waals surface area contributed by atoms with Crippen LogP contribution in [0.25, 0.3) is 0 Å². The van der Waals surface area contributed by atoms with Crippen molar-refractivity contribution in [2.75, 3.05) is 6.54 Å². The van der Waals surface area contributed by atoms with Crippen molar-refractivity contribution in [3.8, 4) is 0 Å². The lowest BCUT2D eigenvalue weighted by atomic mass is 9.86. The summed E-state index contributed by atoms with van der Waals surface area (Å²) in [4.78, 5) is 10.8. The van der Waals surface area contributed by atoms with E-state index in [2.05, 4.69) is 5.32 Å². The second kappa shape index (κ2) is 2.72. The Morgan fingerprint density at radius 2 is 2.18 bits per heavy atom. The maximum Gasteiger partial charge on any atom is 0.407 e. The Labute approximate surface area is 66.1 Å². The van der Waals surface area contributed by atoms with E-state index in [9.17, 15) is 4.79 Å². The molecule has 62 valence electrons. The van der Waals surface area contributed by atoms with Crippen LogP contribution in [-0.2, 0) is 4.74 Å². The molecular formula is C8H13NO2. The summed E-state index contributed by atoms with van der Waals surface area (Å²) in [7, 11) is 0. The predicted molar refractivity (Wildman–Crippen MR) is 40.2 cm³/mol. The van der Waals surface area contributed by atoms with Crippen molar-refractivity contribution in [1.82, 2.24) is 5.32 Å². The Kier molecular flexibility index (Phi) is 1.72. The Morgan fingerprint density at radius 3 is 3.09 bits per heavy atom. The minimum atomic E-state index is -0.229. The van der Waals surface area contributed by atoms with Crippen LogP contribution in [0, 0.1) is 5.92 Å². The first kappa shape index (κ1) is 6.95. The molecule has 1 N–H and O–H groups in total. The summed E-state index contributed by atoms with van der Waals surface area (Å²) >= 11 is 0. The normalized spacial score (nSPS) is 36.9. The molecule has 0 radical (unpaired) electrons. The van der Waals surface area contributed by atoms with Crippen molar-refractivity contribution in [3.63, 3.8) is 0 Å². The summed E-state index contributed by atoms with van der Waals surface area (Å²) in [5, 5.41) is 2.72. The molecule has 11 heavy (non-hydrogen) atoms. The highest BCUT2D eigenvalue weighted by molar-refractivity contribution is 5.68. The standard InChI is InChI=1S/C8H13NO2/c10-8-9-5-6-3-1-2-4-7(6)11-8/h6-7H,1-5H2,(H,9,10)/t6-,7+/m0/s1. The van der Waals surface area contributed by atoms with Gasteiger partial charge in [-0.05, 0) is 19.3 Å². The SMILES string of the molecule is O=C1NC[C@@H]2CCCC[C@H]2O1. The van der Waals surface area contributed by atoms with Gasteiger partial charge in [-0.2, -0.15) is 0 Å². The van der Waals surface area contributed by atoms with Crippen molar-refractivity contribution in [2.24, 2.45) is 5.92 Å². The van der Waals surface area contributed by atoms with Gasteiger partial charge < -0.3 is 10.1 Å². The predicted octanol–water partition coefficient (Wildman–Crippen LogP) is 1.29. The van der Waals surface area contributed by atoms with E-state index in [-0.39, 0.29) is 12.2 Å². The van der Waals surface area contributed by atoms with Gasteiger partial charge in [0.2, 0.25) is 0 Å². The van der Waals surface area contributed by atoms with Gasteiger partial charge in [0.05, 0.1) is 0 Å². The number of nitrogens with one attached hydrogen (secondary N) is 1. The molecule has 0 aromatic heterocycles. The number of ether oxygens (including phenoxy) is 1. The molecule has 2 aliphatic rings. The van der Waals surface area contributed by atoms with Crippen LogP contribution in [0.2, 0.25) is 0 Å². The molecule has 0 aromatic rings. The highest BCUT2D eigenvalue weighted by atomic mass is 16.6. The van der Waals surface area contributed by atoms with Crippen LogP contribution in [0.5, 0.6) is 0 Å². The zero-order valence-corrected chi connectivity index (χ0v) is 6.51. The largest absolute Gasteiger partial charge is 0.446 e. The summed E-state index contributed by atoms with van der Waals surface area (Å²) in [6, 6.07) is 0. The zero-order chi connectivity index (χ0) is 7.68. The number of carbonyl (C=O) groups is 1. The molecule has 1 aliphatic heterocycles. The molecule has 3 nitrogen and oxygen atoms in total. The third-order valence-electron chi connectivity index (χ3n) is 2.61. The Hall–Kier alpha value is -0.730. The number of fused-ring (bicyclic) bond motifs is 1. The van der Waals surface area contributed by atoms with Crippen LogP contribution in [0.3, 0.4) is 0 Å². The van der Waals surface area contributed by atoms with Gasteiger partial charge in [0.15, 0.2) is 0 Å². The fourth-order valence-electron chi connectivity index (χ4n) is 1.96. The van der Waals surface area contributed by atoms with Crippen LogP contribution in [-0.4, -0.2) is 18.7 Å². The molecule has 1 saturated heterocycles. The van der Waals surface area contributed by atoms with Crippen LogP contribution >= 0.6 is 0 Å². The quantitative estimate of drug-likeness (QED) is 0.572. The molecule has 2 rings (SSSR count). The number of amides is 1. The molecule has 0 aromatic carbocycles. The summed E-state index contributed by atoms with van der Waals surface area (Å²) in [6.45, 7) is 0.823. The third-order valence-corrected chi connectivity index (χ3v) is 2.61. The maximum absolute atomic E-state index is 10.8. The lowest BCUT2D eigenvalue weighted by molar-refractivity contribution is 0.0144. The van der Waals surface area contributed by atoms with Gasteiger partial charge >= 0.3 is 6.09 Å². The van der Waals surface area contributed by atoms with Gasteiger partial charge in [-0.25, -0.2) is 4.79 Å². The van der Waals surface area contributed by atoms with Gasteiger partial charge in [0.1, 0.15) is 6.10 Å². The van der Waals surface area contributed by atoms with E-state index in [1.807, 2.05) is 0 Å². The molecule has 2 fully saturated rings. The molecule has 2 atom stereocenters. The monoisotopic (exact) mass is 155 g/mol. The molecule has 0 spiro atoms. The van der Waals surface area contributed by atoms with Crippen molar-refractivity contribution in [3.05, 3.63) is 0 Å². The summed E-state index contributed by atoms with van der Waals surface area (Å²) < 4.78 is 5.14. The second-order valence-corrected chi connectivity index (χ2v) is 3.37. The number of rotatable bonds is 0. The molecule has 1 saturated carbocycles.